The van der Waals surface area contributed by atoms with Crippen molar-refractivity contribution in [1.82, 2.24) is 14.9 Å². The first-order valence-corrected chi connectivity index (χ1v) is 5.46. The lowest BCUT2D eigenvalue weighted by Gasteiger charge is -2.20. The molecule has 0 saturated carbocycles. The van der Waals surface area contributed by atoms with Crippen molar-refractivity contribution < 1.29 is 9.53 Å². The van der Waals surface area contributed by atoms with Crippen molar-refractivity contribution in [2.24, 2.45) is 0 Å². The van der Waals surface area contributed by atoms with Crippen LogP contribution in [0.4, 0.5) is 5.82 Å². The van der Waals surface area contributed by atoms with Crippen molar-refractivity contribution in [1.29, 1.82) is 0 Å². The molecule has 1 atom stereocenters. The van der Waals surface area contributed by atoms with E-state index in [2.05, 4.69) is 15.3 Å². The Balaban J connectivity index is 2.67. The fraction of sp³-hybridized carbons (Fsp3) is 0.545. The van der Waals surface area contributed by atoms with Gasteiger partial charge in [0, 0.05) is 19.7 Å². The topological polar surface area (TPSA) is 67.4 Å². The lowest BCUT2D eigenvalue weighted by atomic mass is 10.3. The molecular formula is C11H18N4O2. The van der Waals surface area contributed by atoms with Crippen LogP contribution in [0.2, 0.25) is 0 Å². The molecule has 0 aliphatic heterocycles. The van der Waals surface area contributed by atoms with E-state index in [-0.39, 0.29) is 11.9 Å². The number of carbonyl (C=O) groups excluding carboxylic acids is 1. The zero-order valence-corrected chi connectivity index (χ0v) is 10.6. The minimum Gasteiger partial charge on any atom is -0.481 e. The molecule has 1 aromatic heterocycles. The number of anilines is 1. The molecule has 1 heterocycles. The summed E-state index contributed by atoms with van der Waals surface area (Å²) in [4.78, 5) is 21.4. The van der Waals surface area contributed by atoms with Gasteiger partial charge in [-0.15, -0.1) is 0 Å². The van der Waals surface area contributed by atoms with Crippen LogP contribution in [0, 0.1) is 0 Å². The van der Waals surface area contributed by atoms with E-state index in [1.807, 2.05) is 6.92 Å². The average Bonchev–Trinajstić information content (AvgIpc) is 2.37. The summed E-state index contributed by atoms with van der Waals surface area (Å²) in [7, 11) is 3.30. The number of amides is 1. The maximum Gasteiger partial charge on any atom is 0.244 e. The molecule has 17 heavy (non-hydrogen) atoms. The number of nitrogens with zero attached hydrogens (tertiary/aromatic N) is 3. The maximum atomic E-state index is 11.8. The first-order valence-electron chi connectivity index (χ1n) is 5.46. The molecule has 94 valence electrons. The Labute approximate surface area is 101 Å². The lowest BCUT2D eigenvalue weighted by molar-refractivity contribution is -0.130. The third-order valence-corrected chi connectivity index (χ3v) is 2.44. The number of aromatic nitrogens is 2. The van der Waals surface area contributed by atoms with Crippen LogP contribution in [-0.2, 0) is 4.79 Å². The number of likely N-dealkylation sites (N-methyl/N-ethyl adjacent to an activating group) is 1. The second kappa shape index (κ2) is 6.03. The van der Waals surface area contributed by atoms with Crippen molar-refractivity contribution in [2.45, 2.75) is 19.9 Å². The van der Waals surface area contributed by atoms with E-state index in [1.54, 1.807) is 24.9 Å². The van der Waals surface area contributed by atoms with Crippen molar-refractivity contribution in [3.8, 4) is 5.88 Å². The van der Waals surface area contributed by atoms with Gasteiger partial charge in [-0.05, 0) is 13.8 Å². The fourth-order valence-electron chi connectivity index (χ4n) is 1.30. The highest BCUT2D eigenvalue weighted by molar-refractivity contribution is 5.83. The van der Waals surface area contributed by atoms with Gasteiger partial charge in [-0.25, -0.2) is 9.97 Å². The van der Waals surface area contributed by atoms with Crippen LogP contribution in [0.15, 0.2) is 12.4 Å². The largest absolute Gasteiger partial charge is 0.481 e. The van der Waals surface area contributed by atoms with E-state index in [0.29, 0.717) is 18.2 Å². The van der Waals surface area contributed by atoms with Crippen LogP contribution in [0.5, 0.6) is 5.88 Å². The predicted molar refractivity (Wildman–Crippen MR) is 65.0 cm³/mol. The summed E-state index contributed by atoms with van der Waals surface area (Å²) in [6.45, 7) is 4.40. The van der Waals surface area contributed by atoms with E-state index in [1.165, 1.54) is 13.4 Å². The number of hydrogen-bond donors (Lipinski definition) is 1. The predicted octanol–water partition coefficient (Wildman–Crippen LogP) is 0.764. The van der Waals surface area contributed by atoms with Crippen LogP contribution in [0.1, 0.15) is 13.8 Å². The van der Waals surface area contributed by atoms with E-state index < -0.39 is 0 Å². The van der Waals surface area contributed by atoms with Crippen LogP contribution in [0.3, 0.4) is 0 Å². The number of methoxy groups -OCH3 is 1. The number of rotatable bonds is 5. The molecule has 0 fully saturated rings. The van der Waals surface area contributed by atoms with E-state index in [9.17, 15) is 4.79 Å². The van der Waals surface area contributed by atoms with Crippen molar-refractivity contribution in [3.63, 3.8) is 0 Å². The van der Waals surface area contributed by atoms with Gasteiger partial charge in [0.05, 0.1) is 7.11 Å². The Bertz CT molecular complexity index is 383. The van der Waals surface area contributed by atoms with Gasteiger partial charge >= 0.3 is 0 Å². The van der Waals surface area contributed by atoms with Gasteiger partial charge in [0.2, 0.25) is 11.8 Å². The van der Waals surface area contributed by atoms with Gasteiger partial charge in [0.25, 0.3) is 0 Å². The minimum absolute atomic E-state index is 0.0186. The summed E-state index contributed by atoms with van der Waals surface area (Å²) >= 11 is 0. The van der Waals surface area contributed by atoms with Gasteiger partial charge in [0.15, 0.2) is 0 Å². The monoisotopic (exact) mass is 238 g/mol. The Hall–Kier alpha value is -1.85. The highest BCUT2D eigenvalue weighted by Crippen LogP contribution is 2.11. The van der Waals surface area contributed by atoms with Gasteiger partial charge < -0.3 is 15.0 Å². The van der Waals surface area contributed by atoms with E-state index >= 15 is 0 Å². The number of carbonyl (C=O) groups is 1. The molecular weight excluding hydrogens is 220 g/mol. The van der Waals surface area contributed by atoms with Gasteiger partial charge in [-0.3, -0.25) is 4.79 Å². The zero-order valence-electron chi connectivity index (χ0n) is 10.6. The van der Waals surface area contributed by atoms with Crippen LogP contribution in [0.25, 0.3) is 0 Å². The van der Waals surface area contributed by atoms with Crippen LogP contribution in [-0.4, -0.2) is 47.5 Å². The van der Waals surface area contributed by atoms with Crippen molar-refractivity contribution >= 4 is 11.7 Å². The highest BCUT2D eigenvalue weighted by Gasteiger charge is 2.16. The molecule has 6 nitrogen and oxygen atoms in total. The molecule has 0 aromatic carbocycles. The zero-order chi connectivity index (χ0) is 12.8. The Morgan fingerprint density at radius 2 is 2.29 bits per heavy atom. The lowest BCUT2D eigenvalue weighted by Crippen LogP contribution is -2.39. The smallest absolute Gasteiger partial charge is 0.244 e. The Kier molecular flexibility index (Phi) is 4.68. The maximum absolute atomic E-state index is 11.8. The first-order chi connectivity index (χ1) is 8.08. The van der Waals surface area contributed by atoms with Gasteiger partial charge in [0.1, 0.15) is 18.2 Å². The molecule has 0 spiro atoms. The molecule has 1 N–H and O–H groups in total. The first kappa shape index (κ1) is 13.2. The average molecular weight is 238 g/mol. The quantitative estimate of drug-likeness (QED) is 0.820. The highest BCUT2D eigenvalue weighted by atomic mass is 16.5. The molecule has 6 heteroatoms. The fourth-order valence-corrected chi connectivity index (χ4v) is 1.30. The van der Waals surface area contributed by atoms with Crippen molar-refractivity contribution in [3.05, 3.63) is 12.4 Å². The summed E-state index contributed by atoms with van der Waals surface area (Å²) < 4.78 is 4.98. The summed E-state index contributed by atoms with van der Waals surface area (Å²) in [6.07, 6.45) is 1.39. The SMILES string of the molecule is CCN(C)C(=O)C(C)Nc1cc(OC)ncn1. The second-order valence-electron chi connectivity index (χ2n) is 3.66. The summed E-state index contributed by atoms with van der Waals surface area (Å²) in [5.74, 6) is 1.05. The van der Waals surface area contributed by atoms with Gasteiger partial charge in [-0.2, -0.15) is 0 Å². The van der Waals surface area contributed by atoms with E-state index in [0.717, 1.165) is 0 Å². The van der Waals surface area contributed by atoms with Crippen molar-refractivity contribution in [2.75, 3.05) is 26.0 Å². The molecule has 0 saturated heterocycles. The molecule has 0 aliphatic carbocycles. The Morgan fingerprint density at radius 3 is 2.88 bits per heavy atom. The minimum atomic E-state index is -0.334. The number of nitrogens with one attached hydrogen (secondary N) is 1. The molecule has 1 amide bonds. The summed E-state index contributed by atoms with van der Waals surface area (Å²) in [5, 5.41) is 3.01. The van der Waals surface area contributed by atoms with Crippen LogP contribution < -0.4 is 10.1 Å². The van der Waals surface area contributed by atoms with E-state index in [4.69, 9.17) is 4.74 Å². The number of ether oxygens (including phenoxy) is 1. The molecule has 0 aliphatic rings. The standard InChI is InChI=1S/C11H18N4O2/c1-5-15(3)11(16)8(2)14-9-6-10(17-4)13-7-12-9/h6-8H,5H2,1-4H3,(H,12,13,14). The third kappa shape index (κ3) is 3.58. The number of hydrogen-bond acceptors (Lipinski definition) is 5. The molecule has 1 aromatic rings. The normalized spacial score (nSPS) is 11.8. The van der Waals surface area contributed by atoms with Gasteiger partial charge in [-0.1, -0.05) is 0 Å². The molecule has 1 rings (SSSR count). The molecule has 1 unspecified atom stereocenters. The summed E-state index contributed by atoms with van der Waals surface area (Å²) in [6, 6.07) is 1.31. The molecule has 0 bridgehead atoms. The second-order valence-corrected chi connectivity index (χ2v) is 3.66. The molecule has 0 radical (unpaired) electrons. The third-order valence-electron chi connectivity index (χ3n) is 2.44. The summed E-state index contributed by atoms with van der Waals surface area (Å²) in [5.41, 5.74) is 0. The Morgan fingerprint density at radius 1 is 1.59 bits per heavy atom. The van der Waals surface area contributed by atoms with Crippen LogP contribution >= 0.6 is 0 Å².